The van der Waals surface area contributed by atoms with Gasteiger partial charge in [0.05, 0.1) is 11.8 Å². The van der Waals surface area contributed by atoms with Gasteiger partial charge in [0.25, 0.3) is 5.91 Å². The van der Waals surface area contributed by atoms with Gasteiger partial charge in [-0.1, -0.05) is 6.07 Å². The lowest BCUT2D eigenvalue weighted by molar-refractivity contribution is 0.0721. The van der Waals surface area contributed by atoms with Gasteiger partial charge in [0.15, 0.2) is 5.82 Å². The summed E-state index contributed by atoms with van der Waals surface area (Å²) >= 11 is 0. The summed E-state index contributed by atoms with van der Waals surface area (Å²) in [5, 5.41) is 0. The molecule has 2 aromatic rings. The highest BCUT2D eigenvalue weighted by atomic mass is 19.1. The number of amides is 1. The minimum atomic E-state index is -0.626. The molecule has 7 heteroatoms. The van der Waals surface area contributed by atoms with E-state index in [0.29, 0.717) is 25.5 Å². The van der Waals surface area contributed by atoms with Crippen molar-refractivity contribution in [2.75, 3.05) is 24.5 Å². The van der Waals surface area contributed by atoms with Gasteiger partial charge in [-0.15, -0.1) is 0 Å². The van der Waals surface area contributed by atoms with Gasteiger partial charge < -0.3 is 9.80 Å². The Kier molecular flexibility index (Phi) is 4.18. The number of hydrogen-bond donors (Lipinski definition) is 0. The SMILES string of the molecule is CC1CN(C(=O)c2ccncc2F)CCN1c1cccc(F)n1. The fraction of sp³-hybridized carbons (Fsp3) is 0.312. The van der Waals surface area contributed by atoms with Crippen LogP contribution in [0.2, 0.25) is 0 Å². The second kappa shape index (κ2) is 6.28. The summed E-state index contributed by atoms with van der Waals surface area (Å²) in [5.74, 6) is -0.977. The fourth-order valence-electron chi connectivity index (χ4n) is 2.76. The van der Waals surface area contributed by atoms with Crippen molar-refractivity contribution in [2.45, 2.75) is 13.0 Å². The number of halogens is 2. The zero-order valence-electron chi connectivity index (χ0n) is 12.6. The van der Waals surface area contributed by atoms with Crippen LogP contribution in [-0.4, -0.2) is 46.5 Å². The number of pyridine rings is 2. The third kappa shape index (κ3) is 3.13. The van der Waals surface area contributed by atoms with Crippen LogP contribution >= 0.6 is 0 Å². The molecule has 0 bridgehead atoms. The van der Waals surface area contributed by atoms with E-state index in [0.717, 1.165) is 6.20 Å². The number of nitrogens with zero attached hydrogens (tertiary/aromatic N) is 4. The van der Waals surface area contributed by atoms with E-state index >= 15 is 0 Å². The smallest absolute Gasteiger partial charge is 0.257 e. The molecule has 0 saturated carbocycles. The van der Waals surface area contributed by atoms with Crippen LogP contribution in [0.1, 0.15) is 17.3 Å². The molecule has 0 N–H and O–H groups in total. The summed E-state index contributed by atoms with van der Waals surface area (Å²) in [4.78, 5) is 23.5. The molecule has 0 radical (unpaired) electrons. The molecule has 1 amide bonds. The summed E-state index contributed by atoms with van der Waals surface area (Å²) < 4.78 is 27.0. The molecule has 3 heterocycles. The summed E-state index contributed by atoms with van der Waals surface area (Å²) in [6.07, 6.45) is 2.43. The molecule has 120 valence electrons. The van der Waals surface area contributed by atoms with Gasteiger partial charge in [-0.3, -0.25) is 9.78 Å². The fourth-order valence-corrected chi connectivity index (χ4v) is 2.76. The zero-order valence-corrected chi connectivity index (χ0v) is 12.6. The Hall–Kier alpha value is -2.57. The highest BCUT2D eigenvalue weighted by molar-refractivity contribution is 5.94. The van der Waals surface area contributed by atoms with Crippen LogP contribution in [0, 0.1) is 11.8 Å². The van der Waals surface area contributed by atoms with Gasteiger partial charge in [0, 0.05) is 31.9 Å². The predicted octanol–water partition coefficient (Wildman–Crippen LogP) is 2.11. The number of rotatable bonds is 2. The maximum atomic E-state index is 13.7. The molecule has 0 aromatic carbocycles. The Morgan fingerprint density at radius 1 is 1.26 bits per heavy atom. The summed E-state index contributed by atoms with van der Waals surface area (Å²) in [6, 6.07) is 5.96. The van der Waals surface area contributed by atoms with Crippen LogP contribution in [0.4, 0.5) is 14.6 Å². The van der Waals surface area contributed by atoms with Crippen molar-refractivity contribution in [1.82, 2.24) is 14.9 Å². The summed E-state index contributed by atoms with van der Waals surface area (Å²) in [7, 11) is 0. The first kappa shape index (κ1) is 15.3. The number of aromatic nitrogens is 2. The van der Waals surface area contributed by atoms with E-state index < -0.39 is 11.8 Å². The first-order chi connectivity index (χ1) is 11.1. The number of carbonyl (C=O) groups excluding carboxylic acids is 1. The van der Waals surface area contributed by atoms with Crippen LogP contribution < -0.4 is 4.90 Å². The van der Waals surface area contributed by atoms with Crippen LogP contribution in [0.25, 0.3) is 0 Å². The highest BCUT2D eigenvalue weighted by Crippen LogP contribution is 2.20. The topological polar surface area (TPSA) is 49.3 Å². The van der Waals surface area contributed by atoms with Gasteiger partial charge in [-0.25, -0.2) is 9.37 Å². The molecule has 1 saturated heterocycles. The normalized spacial score (nSPS) is 18.1. The lowest BCUT2D eigenvalue weighted by Gasteiger charge is -2.40. The van der Waals surface area contributed by atoms with E-state index in [2.05, 4.69) is 9.97 Å². The lowest BCUT2D eigenvalue weighted by atomic mass is 10.1. The molecule has 1 unspecified atom stereocenters. The lowest BCUT2D eigenvalue weighted by Crippen LogP contribution is -2.54. The number of carbonyl (C=O) groups is 1. The first-order valence-electron chi connectivity index (χ1n) is 7.34. The third-order valence-corrected chi connectivity index (χ3v) is 3.91. The third-order valence-electron chi connectivity index (χ3n) is 3.91. The van der Waals surface area contributed by atoms with E-state index in [1.54, 1.807) is 17.0 Å². The Morgan fingerprint density at radius 2 is 2.09 bits per heavy atom. The van der Waals surface area contributed by atoms with Gasteiger partial charge in [0.1, 0.15) is 5.82 Å². The average molecular weight is 318 g/mol. The van der Waals surface area contributed by atoms with E-state index in [1.165, 1.54) is 18.3 Å². The van der Waals surface area contributed by atoms with Crippen LogP contribution in [0.15, 0.2) is 36.7 Å². The van der Waals surface area contributed by atoms with Crippen LogP contribution in [0.5, 0.6) is 0 Å². The second-order valence-corrected chi connectivity index (χ2v) is 5.47. The molecule has 0 spiro atoms. The van der Waals surface area contributed by atoms with E-state index in [4.69, 9.17) is 0 Å². The first-order valence-corrected chi connectivity index (χ1v) is 7.34. The zero-order chi connectivity index (χ0) is 16.4. The molecule has 0 aliphatic carbocycles. The Labute approximate surface area is 132 Å². The number of anilines is 1. The highest BCUT2D eigenvalue weighted by Gasteiger charge is 2.29. The van der Waals surface area contributed by atoms with Crippen molar-refractivity contribution >= 4 is 11.7 Å². The predicted molar refractivity (Wildman–Crippen MR) is 81.1 cm³/mol. The Balaban J connectivity index is 1.74. The number of hydrogen-bond acceptors (Lipinski definition) is 4. The minimum Gasteiger partial charge on any atom is -0.350 e. The van der Waals surface area contributed by atoms with Crippen molar-refractivity contribution in [3.63, 3.8) is 0 Å². The van der Waals surface area contributed by atoms with Crippen molar-refractivity contribution in [3.8, 4) is 0 Å². The van der Waals surface area contributed by atoms with Crippen molar-refractivity contribution in [2.24, 2.45) is 0 Å². The van der Waals surface area contributed by atoms with Gasteiger partial charge >= 0.3 is 0 Å². The van der Waals surface area contributed by atoms with Crippen molar-refractivity contribution in [1.29, 1.82) is 0 Å². The van der Waals surface area contributed by atoms with Gasteiger partial charge in [0.2, 0.25) is 5.95 Å². The minimum absolute atomic E-state index is 0.0181. The molecule has 1 fully saturated rings. The van der Waals surface area contributed by atoms with Crippen LogP contribution in [0.3, 0.4) is 0 Å². The summed E-state index contributed by atoms with van der Waals surface area (Å²) in [5.41, 5.74) is 0.0181. The number of piperazine rings is 1. The van der Waals surface area contributed by atoms with E-state index in [-0.39, 0.29) is 17.5 Å². The molecule has 23 heavy (non-hydrogen) atoms. The quantitative estimate of drug-likeness (QED) is 0.796. The van der Waals surface area contributed by atoms with Gasteiger partial charge in [-0.2, -0.15) is 4.39 Å². The van der Waals surface area contributed by atoms with E-state index in [9.17, 15) is 13.6 Å². The van der Waals surface area contributed by atoms with Gasteiger partial charge in [-0.05, 0) is 25.1 Å². The molecular formula is C16H16F2N4O. The molecule has 5 nitrogen and oxygen atoms in total. The largest absolute Gasteiger partial charge is 0.350 e. The average Bonchev–Trinajstić information content (AvgIpc) is 2.54. The Bertz CT molecular complexity index is 725. The standard InChI is InChI=1S/C16H16F2N4O/c1-11-10-21(16(23)12-5-6-19-9-13(12)17)7-8-22(11)15-4-2-3-14(18)20-15/h2-6,9,11H,7-8,10H2,1H3. The van der Waals surface area contributed by atoms with Crippen molar-refractivity contribution in [3.05, 3.63) is 54.0 Å². The Morgan fingerprint density at radius 3 is 2.78 bits per heavy atom. The van der Waals surface area contributed by atoms with Crippen LogP contribution in [-0.2, 0) is 0 Å². The maximum absolute atomic E-state index is 13.7. The molecule has 1 atom stereocenters. The molecule has 1 aliphatic rings. The maximum Gasteiger partial charge on any atom is 0.257 e. The molecule has 2 aromatic heterocycles. The van der Waals surface area contributed by atoms with E-state index in [1.807, 2.05) is 11.8 Å². The summed E-state index contributed by atoms with van der Waals surface area (Å²) in [6.45, 7) is 3.27. The van der Waals surface area contributed by atoms with Crippen molar-refractivity contribution < 1.29 is 13.6 Å². The monoisotopic (exact) mass is 318 g/mol. The second-order valence-electron chi connectivity index (χ2n) is 5.47. The molecule has 1 aliphatic heterocycles. The molecular weight excluding hydrogens is 302 g/mol. The molecule has 3 rings (SSSR count).